The summed E-state index contributed by atoms with van der Waals surface area (Å²) in [5.41, 5.74) is 0.971. The van der Waals surface area contributed by atoms with E-state index >= 15 is 0 Å². The molecule has 8 heteroatoms. The number of carbonyl (C=O) groups is 2. The van der Waals surface area contributed by atoms with Gasteiger partial charge >= 0.3 is 17.8 Å². The van der Waals surface area contributed by atoms with E-state index in [9.17, 15) is 14.4 Å². The monoisotopic (exact) mass is 375 g/mol. The SMILES string of the molecule is COC(=O)c1ccc2[nH]c(=O)n(C3CCN(C(=O)OC(C)(C)C)CC3)c2c1. The number of rotatable bonds is 2. The number of esters is 1. The molecule has 0 spiro atoms. The molecule has 0 unspecified atom stereocenters. The van der Waals surface area contributed by atoms with Crippen molar-refractivity contribution in [2.75, 3.05) is 20.2 Å². The van der Waals surface area contributed by atoms with Gasteiger partial charge in [-0.2, -0.15) is 0 Å². The molecule has 2 aromatic rings. The molecule has 1 amide bonds. The van der Waals surface area contributed by atoms with Crippen molar-refractivity contribution in [1.29, 1.82) is 0 Å². The van der Waals surface area contributed by atoms with E-state index in [0.717, 1.165) is 0 Å². The summed E-state index contributed by atoms with van der Waals surface area (Å²) >= 11 is 0. The fourth-order valence-electron chi connectivity index (χ4n) is 3.36. The molecule has 27 heavy (non-hydrogen) atoms. The van der Waals surface area contributed by atoms with E-state index in [-0.39, 0.29) is 17.8 Å². The molecule has 8 nitrogen and oxygen atoms in total. The number of hydrogen-bond acceptors (Lipinski definition) is 5. The van der Waals surface area contributed by atoms with E-state index in [1.807, 2.05) is 20.8 Å². The van der Waals surface area contributed by atoms with Crippen LogP contribution in [-0.2, 0) is 9.47 Å². The minimum Gasteiger partial charge on any atom is -0.465 e. The Hall–Kier alpha value is -2.77. The maximum atomic E-state index is 12.5. The Morgan fingerprint density at radius 1 is 1.19 bits per heavy atom. The van der Waals surface area contributed by atoms with Gasteiger partial charge in [0.25, 0.3) is 0 Å². The molecule has 0 atom stereocenters. The average Bonchev–Trinajstić information content (AvgIpc) is 2.94. The number of aromatic nitrogens is 2. The number of amides is 1. The van der Waals surface area contributed by atoms with Crippen molar-refractivity contribution in [3.8, 4) is 0 Å². The standard InChI is InChI=1S/C19H25N3O5/c1-19(2,3)27-18(25)21-9-7-13(8-10-21)22-15-11-12(16(23)26-4)5-6-14(15)20-17(22)24/h5-6,11,13H,7-10H2,1-4H3,(H,20,24). The topological polar surface area (TPSA) is 93.6 Å². The predicted octanol–water partition coefficient (Wildman–Crippen LogP) is 2.69. The van der Waals surface area contributed by atoms with Crippen LogP contribution in [0.4, 0.5) is 4.79 Å². The molecule has 0 radical (unpaired) electrons. The number of nitrogens with one attached hydrogen (secondary N) is 1. The Kier molecular flexibility index (Phi) is 4.99. The first kappa shape index (κ1) is 19.0. The summed E-state index contributed by atoms with van der Waals surface area (Å²) in [4.78, 5) is 41.0. The Morgan fingerprint density at radius 2 is 1.85 bits per heavy atom. The number of piperidine rings is 1. The third-order valence-electron chi connectivity index (χ3n) is 4.62. The summed E-state index contributed by atoms with van der Waals surface area (Å²) in [6, 6.07) is 4.94. The molecule has 1 aliphatic rings. The fraction of sp³-hybridized carbons (Fsp3) is 0.526. The van der Waals surface area contributed by atoms with Crippen molar-refractivity contribution in [2.24, 2.45) is 0 Å². The number of carbonyl (C=O) groups excluding carboxylic acids is 2. The lowest BCUT2D eigenvalue weighted by Crippen LogP contribution is -2.43. The second-order valence-electron chi connectivity index (χ2n) is 7.72. The normalized spacial score (nSPS) is 15.8. The van der Waals surface area contributed by atoms with Crippen LogP contribution in [0.3, 0.4) is 0 Å². The van der Waals surface area contributed by atoms with Crippen molar-refractivity contribution in [3.05, 3.63) is 34.2 Å². The van der Waals surface area contributed by atoms with Gasteiger partial charge in [-0.3, -0.25) is 4.57 Å². The molecule has 1 aliphatic heterocycles. The van der Waals surface area contributed by atoms with Crippen LogP contribution in [0.25, 0.3) is 11.0 Å². The van der Waals surface area contributed by atoms with Gasteiger partial charge in [-0.15, -0.1) is 0 Å². The van der Waals surface area contributed by atoms with Crippen molar-refractivity contribution in [2.45, 2.75) is 45.3 Å². The first-order valence-corrected chi connectivity index (χ1v) is 9.00. The van der Waals surface area contributed by atoms with Gasteiger partial charge in [-0.25, -0.2) is 14.4 Å². The molecule has 1 N–H and O–H groups in total. The number of H-pyrrole nitrogens is 1. The fourth-order valence-corrected chi connectivity index (χ4v) is 3.36. The first-order valence-electron chi connectivity index (χ1n) is 9.00. The Bertz CT molecular complexity index is 914. The highest BCUT2D eigenvalue weighted by Crippen LogP contribution is 2.26. The second-order valence-corrected chi connectivity index (χ2v) is 7.72. The number of nitrogens with zero attached hydrogens (tertiary/aromatic N) is 2. The van der Waals surface area contributed by atoms with Crippen LogP contribution in [0, 0.1) is 0 Å². The lowest BCUT2D eigenvalue weighted by atomic mass is 10.0. The maximum absolute atomic E-state index is 12.5. The third-order valence-corrected chi connectivity index (χ3v) is 4.62. The van der Waals surface area contributed by atoms with Gasteiger partial charge in [-0.1, -0.05) is 0 Å². The third kappa shape index (κ3) is 3.99. The largest absolute Gasteiger partial charge is 0.465 e. The number of imidazole rings is 1. The van der Waals surface area contributed by atoms with E-state index in [1.165, 1.54) is 7.11 Å². The highest BCUT2D eigenvalue weighted by Gasteiger charge is 2.29. The minimum atomic E-state index is -0.536. The zero-order valence-electron chi connectivity index (χ0n) is 16.1. The number of methoxy groups -OCH3 is 1. The second kappa shape index (κ2) is 7.09. The number of likely N-dealkylation sites (tertiary alicyclic amines) is 1. The van der Waals surface area contributed by atoms with Crippen LogP contribution < -0.4 is 5.69 Å². The van der Waals surface area contributed by atoms with Gasteiger partial charge in [0, 0.05) is 19.1 Å². The van der Waals surface area contributed by atoms with E-state index < -0.39 is 11.6 Å². The Labute approximate surface area is 157 Å². The molecular weight excluding hydrogens is 350 g/mol. The maximum Gasteiger partial charge on any atom is 0.410 e. The lowest BCUT2D eigenvalue weighted by molar-refractivity contribution is 0.0188. The molecule has 146 valence electrons. The molecule has 1 saturated heterocycles. The predicted molar refractivity (Wildman–Crippen MR) is 100.0 cm³/mol. The highest BCUT2D eigenvalue weighted by molar-refractivity contribution is 5.93. The summed E-state index contributed by atoms with van der Waals surface area (Å²) in [6.45, 7) is 6.52. The van der Waals surface area contributed by atoms with Gasteiger partial charge in [-0.05, 0) is 51.8 Å². The molecule has 2 heterocycles. The molecule has 0 saturated carbocycles. The van der Waals surface area contributed by atoms with Crippen molar-refractivity contribution in [1.82, 2.24) is 14.5 Å². The van der Waals surface area contributed by atoms with Gasteiger partial charge in [0.15, 0.2) is 0 Å². The van der Waals surface area contributed by atoms with Crippen molar-refractivity contribution in [3.63, 3.8) is 0 Å². The van der Waals surface area contributed by atoms with Crippen LogP contribution in [-0.4, -0.2) is 52.3 Å². The highest BCUT2D eigenvalue weighted by atomic mass is 16.6. The van der Waals surface area contributed by atoms with Gasteiger partial charge < -0.3 is 19.4 Å². The summed E-state index contributed by atoms with van der Waals surface area (Å²) in [6.07, 6.45) is 0.934. The summed E-state index contributed by atoms with van der Waals surface area (Å²) < 4.78 is 11.9. The molecule has 0 aliphatic carbocycles. The summed E-state index contributed by atoms with van der Waals surface area (Å²) in [7, 11) is 1.32. The van der Waals surface area contributed by atoms with Crippen LogP contribution in [0.5, 0.6) is 0 Å². The molecule has 1 aromatic heterocycles. The van der Waals surface area contributed by atoms with Gasteiger partial charge in [0.2, 0.25) is 0 Å². The van der Waals surface area contributed by atoms with Crippen molar-refractivity contribution >= 4 is 23.1 Å². The summed E-state index contributed by atoms with van der Waals surface area (Å²) in [5.74, 6) is -0.447. The van der Waals surface area contributed by atoms with E-state index in [1.54, 1.807) is 27.7 Å². The lowest BCUT2D eigenvalue weighted by Gasteiger charge is -2.33. The van der Waals surface area contributed by atoms with Crippen LogP contribution in [0.1, 0.15) is 50.0 Å². The quantitative estimate of drug-likeness (QED) is 0.815. The first-order chi connectivity index (χ1) is 12.7. The van der Waals surface area contributed by atoms with Crippen LogP contribution in [0.15, 0.2) is 23.0 Å². The van der Waals surface area contributed by atoms with Crippen LogP contribution in [0.2, 0.25) is 0 Å². The zero-order chi connectivity index (χ0) is 19.8. The number of hydrogen-bond donors (Lipinski definition) is 1. The van der Waals surface area contributed by atoms with E-state index in [4.69, 9.17) is 9.47 Å². The van der Waals surface area contributed by atoms with E-state index in [2.05, 4.69) is 4.98 Å². The number of fused-ring (bicyclic) bond motifs is 1. The molecule has 0 bridgehead atoms. The minimum absolute atomic E-state index is 0.0576. The zero-order valence-corrected chi connectivity index (χ0v) is 16.1. The molecule has 1 fully saturated rings. The van der Waals surface area contributed by atoms with Gasteiger partial charge in [0.1, 0.15) is 5.60 Å². The number of aromatic amines is 1. The van der Waals surface area contributed by atoms with E-state index in [0.29, 0.717) is 42.5 Å². The Morgan fingerprint density at radius 3 is 2.44 bits per heavy atom. The smallest absolute Gasteiger partial charge is 0.410 e. The Balaban J connectivity index is 1.81. The van der Waals surface area contributed by atoms with Crippen molar-refractivity contribution < 1.29 is 19.1 Å². The molecular formula is C19H25N3O5. The average molecular weight is 375 g/mol. The molecule has 3 rings (SSSR count). The number of benzene rings is 1. The molecule has 1 aromatic carbocycles. The van der Waals surface area contributed by atoms with Crippen LogP contribution >= 0.6 is 0 Å². The van der Waals surface area contributed by atoms with Gasteiger partial charge in [0.05, 0.1) is 23.7 Å². The number of ether oxygens (including phenoxy) is 2. The summed E-state index contributed by atoms with van der Waals surface area (Å²) in [5, 5.41) is 0.